The summed E-state index contributed by atoms with van der Waals surface area (Å²) in [6.07, 6.45) is 6.78. The molecule has 2 aromatic rings. The first-order valence-electron chi connectivity index (χ1n) is 6.94. The van der Waals surface area contributed by atoms with E-state index in [0.29, 0.717) is 17.9 Å². The zero-order valence-corrected chi connectivity index (χ0v) is 11.3. The molecule has 0 atom stereocenters. The lowest BCUT2D eigenvalue weighted by atomic mass is 10.1. The number of hydrogen-bond donors (Lipinski definition) is 3. The van der Waals surface area contributed by atoms with Crippen molar-refractivity contribution < 1.29 is 4.79 Å². The second-order valence-corrected chi connectivity index (χ2v) is 5.14. The monoisotopic (exact) mass is 270 g/mol. The van der Waals surface area contributed by atoms with Gasteiger partial charge in [-0.1, -0.05) is 11.6 Å². The number of amides is 1. The predicted molar refractivity (Wildman–Crippen MR) is 79.4 cm³/mol. The number of nitrogens with one attached hydrogen (secondary N) is 2. The van der Waals surface area contributed by atoms with Crippen molar-refractivity contribution >= 4 is 22.5 Å². The van der Waals surface area contributed by atoms with Gasteiger partial charge in [-0.3, -0.25) is 9.89 Å². The Morgan fingerprint density at radius 1 is 1.45 bits per heavy atom. The summed E-state index contributed by atoms with van der Waals surface area (Å²) < 4.78 is 0. The molecule has 104 valence electrons. The van der Waals surface area contributed by atoms with E-state index in [2.05, 4.69) is 21.6 Å². The van der Waals surface area contributed by atoms with Crippen LogP contribution >= 0.6 is 0 Å². The summed E-state index contributed by atoms with van der Waals surface area (Å²) in [6.45, 7) is 0.654. The normalized spacial score (nSPS) is 14.5. The molecule has 1 aromatic carbocycles. The highest BCUT2D eigenvalue weighted by molar-refractivity contribution is 6.05. The van der Waals surface area contributed by atoms with Crippen LogP contribution < -0.4 is 11.1 Å². The smallest absolute Gasteiger partial charge is 0.272 e. The van der Waals surface area contributed by atoms with Crippen molar-refractivity contribution in [3.63, 3.8) is 0 Å². The number of anilines is 1. The number of benzene rings is 1. The van der Waals surface area contributed by atoms with E-state index in [1.165, 1.54) is 18.4 Å². The molecule has 1 aromatic heterocycles. The minimum atomic E-state index is -0.152. The molecule has 0 saturated heterocycles. The second-order valence-electron chi connectivity index (χ2n) is 5.14. The molecule has 4 N–H and O–H groups in total. The molecule has 1 amide bonds. The van der Waals surface area contributed by atoms with E-state index < -0.39 is 0 Å². The van der Waals surface area contributed by atoms with Crippen LogP contribution in [-0.2, 0) is 0 Å². The number of nitrogen functional groups attached to an aromatic ring is 1. The van der Waals surface area contributed by atoms with Gasteiger partial charge in [0, 0.05) is 17.6 Å². The van der Waals surface area contributed by atoms with Gasteiger partial charge in [0.1, 0.15) is 0 Å². The van der Waals surface area contributed by atoms with Gasteiger partial charge in [0.2, 0.25) is 0 Å². The summed E-state index contributed by atoms with van der Waals surface area (Å²) in [5, 5.41) is 10.6. The van der Waals surface area contributed by atoms with Crippen molar-refractivity contribution in [2.24, 2.45) is 0 Å². The number of allylic oxidation sites excluding steroid dienone is 1. The number of hydrogen-bond acceptors (Lipinski definition) is 3. The fourth-order valence-corrected chi connectivity index (χ4v) is 2.59. The zero-order valence-electron chi connectivity index (χ0n) is 11.3. The lowest BCUT2D eigenvalue weighted by molar-refractivity contribution is 0.0950. The molecule has 0 fully saturated rings. The number of nitrogens with two attached hydrogens (primary N) is 1. The molecule has 0 aliphatic heterocycles. The molecule has 5 heteroatoms. The van der Waals surface area contributed by atoms with Gasteiger partial charge in [0.05, 0.1) is 5.52 Å². The Bertz CT molecular complexity index is 672. The van der Waals surface area contributed by atoms with E-state index in [-0.39, 0.29) is 5.91 Å². The van der Waals surface area contributed by atoms with Crippen molar-refractivity contribution in [1.82, 2.24) is 15.5 Å². The molecule has 0 radical (unpaired) electrons. The third-order valence-electron chi connectivity index (χ3n) is 3.67. The van der Waals surface area contributed by atoms with Crippen LogP contribution in [0.4, 0.5) is 5.69 Å². The third-order valence-corrected chi connectivity index (χ3v) is 3.67. The molecule has 20 heavy (non-hydrogen) atoms. The van der Waals surface area contributed by atoms with E-state index in [1.807, 2.05) is 6.07 Å². The largest absolute Gasteiger partial charge is 0.399 e. The highest BCUT2D eigenvalue weighted by atomic mass is 16.1. The summed E-state index contributed by atoms with van der Waals surface area (Å²) in [5.74, 6) is -0.152. The van der Waals surface area contributed by atoms with Crippen molar-refractivity contribution in [3.05, 3.63) is 35.5 Å². The second kappa shape index (κ2) is 5.36. The minimum absolute atomic E-state index is 0.152. The standard InChI is InChI=1S/C15H18N4O/c16-11-5-6-13-12(9-11)14(19-18-13)15(20)17-8-7-10-3-1-2-4-10/h3,5-6,9H,1-2,4,7-8,16H2,(H,17,20)(H,18,19). The molecule has 0 unspecified atom stereocenters. The Hall–Kier alpha value is -2.30. The van der Waals surface area contributed by atoms with Crippen LogP contribution in [0.2, 0.25) is 0 Å². The van der Waals surface area contributed by atoms with Gasteiger partial charge in [-0.05, 0) is 43.9 Å². The molecular weight excluding hydrogens is 252 g/mol. The van der Waals surface area contributed by atoms with Crippen LogP contribution in [0.5, 0.6) is 0 Å². The third kappa shape index (κ3) is 2.52. The van der Waals surface area contributed by atoms with Crippen LogP contribution in [0, 0.1) is 0 Å². The zero-order chi connectivity index (χ0) is 13.9. The van der Waals surface area contributed by atoms with Crippen molar-refractivity contribution in [3.8, 4) is 0 Å². The summed E-state index contributed by atoms with van der Waals surface area (Å²) in [5.41, 5.74) is 9.06. The number of carbonyl (C=O) groups excluding carboxylic acids is 1. The number of fused-ring (bicyclic) bond motifs is 1. The lowest BCUT2D eigenvalue weighted by Gasteiger charge is -2.04. The summed E-state index contributed by atoms with van der Waals surface area (Å²) in [6, 6.07) is 5.39. The molecule has 0 saturated carbocycles. The number of H-pyrrole nitrogens is 1. The maximum atomic E-state index is 12.2. The first-order valence-corrected chi connectivity index (χ1v) is 6.94. The number of aromatic nitrogens is 2. The van der Waals surface area contributed by atoms with Crippen molar-refractivity contribution in [2.45, 2.75) is 25.7 Å². The fraction of sp³-hybridized carbons (Fsp3) is 0.333. The van der Waals surface area contributed by atoms with Crippen LogP contribution in [0.3, 0.4) is 0 Å². The quantitative estimate of drug-likeness (QED) is 0.589. The molecule has 1 heterocycles. The molecule has 5 nitrogen and oxygen atoms in total. The van der Waals surface area contributed by atoms with Crippen LogP contribution in [0.15, 0.2) is 29.8 Å². The molecule has 1 aliphatic carbocycles. The molecule has 0 bridgehead atoms. The Balaban J connectivity index is 1.67. The van der Waals surface area contributed by atoms with Gasteiger partial charge in [-0.15, -0.1) is 0 Å². The van der Waals surface area contributed by atoms with Crippen molar-refractivity contribution in [2.75, 3.05) is 12.3 Å². The van der Waals surface area contributed by atoms with Gasteiger partial charge in [-0.2, -0.15) is 5.10 Å². The van der Waals surface area contributed by atoms with E-state index in [9.17, 15) is 4.79 Å². The van der Waals surface area contributed by atoms with E-state index in [1.54, 1.807) is 12.1 Å². The number of rotatable bonds is 4. The Morgan fingerprint density at radius 3 is 3.15 bits per heavy atom. The van der Waals surface area contributed by atoms with E-state index in [4.69, 9.17) is 5.73 Å². The van der Waals surface area contributed by atoms with Gasteiger partial charge in [0.25, 0.3) is 5.91 Å². The van der Waals surface area contributed by atoms with Crippen LogP contribution in [-0.4, -0.2) is 22.6 Å². The number of aromatic amines is 1. The van der Waals surface area contributed by atoms with Gasteiger partial charge in [0.15, 0.2) is 5.69 Å². The lowest BCUT2D eigenvalue weighted by Crippen LogP contribution is -2.25. The topological polar surface area (TPSA) is 83.8 Å². The average molecular weight is 270 g/mol. The summed E-state index contributed by atoms with van der Waals surface area (Å²) in [4.78, 5) is 12.2. The highest BCUT2D eigenvalue weighted by Gasteiger charge is 2.14. The maximum Gasteiger partial charge on any atom is 0.272 e. The molecule has 0 spiro atoms. The molecule has 3 rings (SSSR count). The van der Waals surface area contributed by atoms with Crippen LogP contribution in [0.1, 0.15) is 36.2 Å². The van der Waals surface area contributed by atoms with E-state index in [0.717, 1.165) is 23.7 Å². The summed E-state index contributed by atoms with van der Waals surface area (Å²) >= 11 is 0. The number of carbonyl (C=O) groups is 1. The molecule has 1 aliphatic rings. The highest BCUT2D eigenvalue weighted by Crippen LogP contribution is 2.20. The minimum Gasteiger partial charge on any atom is -0.399 e. The van der Waals surface area contributed by atoms with E-state index >= 15 is 0 Å². The average Bonchev–Trinajstić information content (AvgIpc) is 3.07. The first-order chi connectivity index (χ1) is 9.74. The van der Waals surface area contributed by atoms with Gasteiger partial charge < -0.3 is 11.1 Å². The SMILES string of the molecule is Nc1ccc2[nH]nc(C(=O)NCCC3=CCCC3)c2c1. The number of nitrogens with zero attached hydrogens (tertiary/aromatic N) is 1. The Morgan fingerprint density at radius 2 is 2.35 bits per heavy atom. The maximum absolute atomic E-state index is 12.2. The fourth-order valence-electron chi connectivity index (χ4n) is 2.59. The van der Waals surface area contributed by atoms with Gasteiger partial charge >= 0.3 is 0 Å². The molecular formula is C15H18N4O. The first kappa shape index (κ1) is 12.7. The Kier molecular flexibility index (Phi) is 3.41. The van der Waals surface area contributed by atoms with Gasteiger partial charge in [-0.25, -0.2) is 0 Å². The van der Waals surface area contributed by atoms with Crippen molar-refractivity contribution in [1.29, 1.82) is 0 Å². The van der Waals surface area contributed by atoms with Crippen LogP contribution in [0.25, 0.3) is 10.9 Å². The summed E-state index contributed by atoms with van der Waals surface area (Å²) in [7, 11) is 0. The predicted octanol–water partition coefficient (Wildman–Crippen LogP) is 2.38. The Labute approximate surface area is 117 Å².